The van der Waals surface area contributed by atoms with E-state index in [1.807, 2.05) is 25.1 Å². The molecule has 2 atom stereocenters. The van der Waals surface area contributed by atoms with E-state index in [9.17, 15) is 4.79 Å². The molecule has 1 heterocycles. The van der Waals surface area contributed by atoms with Crippen molar-refractivity contribution in [3.8, 4) is 0 Å². The molecule has 18 heavy (non-hydrogen) atoms. The quantitative estimate of drug-likeness (QED) is 0.760. The van der Waals surface area contributed by atoms with Gasteiger partial charge in [-0.2, -0.15) is 0 Å². The van der Waals surface area contributed by atoms with Gasteiger partial charge in [0.05, 0.1) is 13.2 Å². The van der Waals surface area contributed by atoms with Gasteiger partial charge in [-0.15, -0.1) is 0 Å². The SMILES string of the molecule is COC(=O)C1CN(Cc2ccccc2)C[C@@H](C)O1. The second-order valence-electron chi connectivity index (χ2n) is 4.64. The highest BCUT2D eigenvalue weighted by Crippen LogP contribution is 2.15. The Morgan fingerprint density at radius 1 is 1.39 bits per heavy atom. The molecule has 0 aliphatic carbocycles. The molecule has 1 fully saturated rings. The third-order valence-electron chi connectivity index (χ3n) is 3.05. The maximum Gasteiger partial charge on any atom is 0.336 e. The van der Waals surface area contributed by atoms with Crippen molar-refractivity contribution in [1.82, 2.24) is 4.90 Å². The molecule has 0 spiro atoms. The first-order valence-corrected chi connectivity index (χ1v) is 6.18. The molecule has 0 saturated carbocycles. The van der Waals surface area contributed by atoms with Crippen LogP contribution in [0.1, 0.15) is 12.5 Å². The second kappa shape index (κ2) is 5.98. The van der Waals surface area contributed by atoms with Gasteiger partial charge in [0.2, 0.25) is 0 Å². The lowest BCUT2D eigenvalue weighted by molar-refractivity contribution is -0.166. The van der Waals surface area contributed by atoms with Crippen molar-refractivity contribution in [3.63, 3.8) is 0 Å². The second-order valence-corrected chi connectivity index (χ2v) is 4.64. The average Bonchev–Trinajstić information content (AvgIpc) is 2.38. The number of methoxy groups -OCH3 is 1. The predicted molar refractivity (Wildman–Crippen MR) is 68.1 cm³/mol. The van der Waals surface area contributed by atoms with Gasteiger partial charge in [-0.3, -0.25) is 4.90 Å². The molecule has 1 saturated heterocycles. The van der Waals surface area contributed by atoms with E-state index in [-0.39, 0.29) is 12.1 Å². The van der Waals surface area contributed by atoms with Crippen LogP contribution in [0, 0.1) is 0 Å². The molecule has 0 radical (unpaired) electrons. The molecule has 4 nitrogen and oxygen atoms in total. The number of benzene rings is 1. The molecule has 0 N–H and O–H groups in total. The number of carbonyl (C=O) groups is 1. The Hall–Kier alpha value is -1.39. The number of morpholine rings is 1. The minimum absolute atomic E-state index is 0.0477. The summed E-state index contributed by atoms with van der Waals surface area (Å²) >= 11 is 0. The highest BCUT2D eigenvalue weighted by Gasteiger charge is 2.30. The first-order valence-electron chi connectivity index (χ1n) is 6.18. The lowest BCUT2D eigenvalue weighted by atomic mass is 10.1. The molecule has 1 aromatic carbocycles. The average molecular weight is 249 g/mol. The smallest absolute Gasteiger partial charge is 0.336 e. The lowest BCUT2D eigenvalue weighted by Crippen LogP contribution is -2.49. The van der Waals surface area contributed by atoms with Gasteiger partial charge < -0.3 is 9.47 Å². The van der Waals surface area contributed by atoms with E-state index in [1.54, 1.807) is 0 Å². The van der Waals surface area contributed by atoms with Crippen molar-refractivity contribution in [1.29, 1.82) is 0 Å². The minimum atomic E-state index is -0.470. The van der Waals surface area contributed by atoms with Gasteiger partial charge >= 0.3 is 5.97 Å². The molecule has 1 unspecified atom stereocenters. The van der Waals surface area contributed by atoms with E-state index >= 15 is 0 Å². The summed E-state index contributed by atoms with van der Waals surface area (Å²) in [5, 5.41) is 0. The maximum atomic E-state index is 11.5. The largest absolute Gasteiger partial charge is 0.467 e. The first kappa shape index (κ1) is 13.1. The molecular formula is C14H19NO3. The summed E-state index contributed by atoms with van der Waals surface area (Å²) in [4.78, 5) is 13.8. The number of carbonyl (C=O) groups excluding carboxylic acids is 1. The van der Waals surface area contributed by atoms with Crippen molar-refractivity contribution in [3.05, 3.63) is 35.9 Å². The highest BCUT2D eigenvalue weighted by molar-refractivity contribution is 5.74. The zero-order valence-corrected chi connectivity index (χ0v) is 10.8. The maximum absolute atomic E-state index is 11.5. The number of esters is 1. The van der Waals surface area contributed by atoms with Gasteiger partial charge in [-0.1, -0.05) is 30.3 Å². The van der Waals surface area contributed by atoms with Gasteiger partial charge in [-0.25, -0.2) is 4.79 Å². The molecule has 2 rings (SSSR count). The Labute approximate surface area is 107 Å². The molecule has 98 valence electrons. The minimum Gasteiger partial charge on any atom is -0.467 e. The van der Waals surface area contributed by atoms with Crippen LogP contribution in [-0.2, 0) is 20.8 Å². The molecule has 0 bridgehead atoms. The van der Waals surface area contributed by atoms with Crippen molar-refractivity contribution in [2.24, 2.45) is 0 Å². The van der Waals surface area contributed by atoms with Crippen LogP contribution in [0.4, 0.5) is 0 Å². The fraction of sp³-hybridized carbons (Fsp3) is 0.500. The summed E-state index contributed by atoms with van der Waals surface area (Å²) in [6.45, 7) is 4.24. The summed E-state index contributed by atoms with van der Waals surface area (Å²) in [5.41, 5.74) is 1.25. The van der Waals surface area contributed by atoms with Crippen LogP contribution in [0.3, 0.4) is 0 Å². The Morgan fingerprint density at radius 2 is 2.11 bits per heavy atom. The summed E-state index contributed by atoms with van der Waals surface area (Å²) in [6, 6.07) is 10.2. The number of hydrogen-bond acceptors (Lipinski definition) is 4. The monoisotopic (exact) mass is 249 g/mol. The zero-order chi connectivity index (χ0) is 13.0. The fourth-order valence-corrected chi connectivity index (χ4v) is 2.27. The van der Waals surface area contributed by atoms with Crippen LogP contribution in [0.15, 0.2) is 30.3 Å². The van der Waals surface area contributed by atoms with E-state index in [4.69, 9.17) is 9.47 Å². The number of hydrogen-bond donors (Lipinski definition) is 0. The summed E-state index contributed by atoms with van der Waals surface area (Å²) in [6.07, 6.45) is -0.422. The lowest BCUT2D eigenvalue weighted by Gasteiger charge is -2.35. The molecular weight excluding hydrogens is 230 g/mol. The van der Waals surface area contributed by atoms with Crippen molar-refractivity contribution < 1.29 is 14.3 Å². The molecule has 4 heteroatoms. The molecule has 1 aromatic rings. The van der Waals surface area contributed by atoms with Crippen LogP contribution >= 0.6 is 0 Å². The van der Waals surface area contributed by atoms with Crippen LogP contribution in [0.2, 0.25) is 0 Å². The summed E-state index contributed by atoms with van der Waals surface area (Å²) in [7, 11) is 1.40. The van der Waals surface area contributed by atoms with E-state index < -0.39 is 6.10 Å². The Kier molecular flexibility index (Phi) is 4.33. The third kappa shape index (κ3) is 3.31. The van der Waals surface area contributed by atoms with Gasteiger partial charge in [0.1, 0.15) is 0 Å². The number of ether oxygens (including phenoxy) is 2. The van der Waals surface area contributed by atoms with Crippen molar-refractivity contribution in [2.75, 3.05) is 20.2 Å². The summed E-state index contributed by atoms with van der Waals surface area (Å²) < 4.78 is 10.3. The van der Waals surface area contributed by atoms with Gasteiger partial charge in [0.15, 0.2) is 6.10 Å². The number of nitrogens with zero attached hydrogens (tertiary/aromatic N) is 1. The zero-order valence-electron chi connectivity index (χ0n) is 10.8. The van der Waals surface area contributed by atoms with E-state index in [0.717, 1.165) is 13.1 Å². The Morgan fingerprint density at radius 3 is 2.78 bits per heavy atom. The van der Waals surface area contributed by atoms with Crippen LogP contribution in [0.5, 0.6) is 0 Å². The normalized spacial score (nSPS) is 24.8. The summed E-state index contributed by atoms with van der Waals surface area (Å²) in [5.74, 6) is -0.292. The van der Waals surface area contributed by atoms with E-state index in [0.29, 0.717) is 6.54 Å². The first-order chi connectivity index (χ1) is 8.69. The van der Waals surface area contributed by atoms with E-state index in [2.05, 4.69) is 17.0 Å². The van der Waals surface area contributed by atoms with Crippen molar-refractivity contribution in [2.45, 2.75) is 25.7 Å². The predicted octanol–water partition coefficient (Wildman–Crippen LogP) is 1.45. The van der Waals surface area contributed by atoms with Crippen molar-refractivity contribution >= 4 is 5.97 Å². The topological polar surface area (TPSA) is 38.8 Å². The Balaban J connectivity index is 1.98. The highest BCUT2D eigenvalue weighted by atomic mass is 16.6. The third-order valence-corrected chi connectivity index (χ3v) is 3.05. The standard InChI is InChI=1S/C14H19NO3/c1-11-8-15(9-12-6-4-3-5-7-12)10-13(18-11)14(16)17-2/h3-7,11,13H,8-10H2,1-2H3/t11-,13?/m1/s1. The number of rotatable bonds is 3. The van der Waals surface area contributed by atoms with E-state index in [1.165, 1.54) is 12.7 Å². The van der Waals surface area contributed by atoms with Gasteiger partial charge in [-0.05, 0) is 12.5 Å². The fourth-order valence-electron chi connectivity index (χ4n) is 2.27. The molecule has 1 aliphatic rings. The van der Waals surface area contributed by atoms with Crippen LogP contribution < -0.4 is 0 Å². The molecule has 0 amide bonds. The molecule has 1 aliphatic heterocycles. The van der Waals surface area contributed by atoms with Gasteiger partial charge in [0, 0.05) is 19.6 Å². The molecule has 0 aromatic heterocycles. The van der Waals surface area contributed by atoms with Crippen LogP contribution in [-0.4, -0.2) is 43.3 Å². The Bertz CT molecular complexity index is 393. The van der Waals surface area contributed by atoms with Crippen LogP contribution in [0.25, 0.3) is 0 Å². The van der Waals surface area contributed by atoms with Gasteiger partial charge in [0.25, 0.3) is 0 Å².